The summed E-state index contributed by atoms with van der Waals surface area (Å²) in [6.45, 7) is 5.22. The topological polar surface area (TPSA) is 12.0 Å². The molecule has 19 heavy (non-hydrogen) atoms. The van der Waals surface area contributed by atoms with E-state index in [1.54, 1.807) is 6.07 Å². The predicted molar refractivity (Wildman–Crippen MR) is 78.9 cm³/mol. The van der Waals surface area contributed by atoms with Crippen molar-refractivity contribution in [2.75, 3.05) is 13.6 Å². The van der Waals surface area contributed by atoms with Gasteiger partial charge in [-0.15, -0.1) is 0 Å². The van der Waals surface area contributed by atoms with Crippen LogP contribution in [0, 0.1) is 24.6 Å². The summed E-state index contributed by atoms with van der Waals surface area (Å²) in [5.41, 5.74) is 2.11. The monoisotopic (exact) mass is 263 g/mol. The van der Waals surface area contributed by atoms with E-state index in [4.69, 9.17) is 0 Å². The van der Waals surface area contributed by atoms with E-state index in [-0.39, 0.29) is 5.82 Å². The van der Waals surface area contributed by atoms with Crippen LogP contribution in [0.1, 0.15) is 49.7 Å². The summed E-state index contributed by atoms with van der Waals surface area (Å²) in [6.07, 6.45) is 5.16. The van der Waals surface area contributed by atoms with Gasteiger partial charge in [0, 0.05) is 0 Å². The Hall–Kier alpha value is -0.890. The van der Waals surface area contributed by atoms with Gasteiger partial charge in [-0.05, 0) is 68.3 Å². The zero-order chi connectivity index (χ0) is 13.8. The fourth-order valence-electron chi connectivity index (χ4n) is 3.50. The Morgan fingerprint density at radius 1 is 1.32 bits per heavy atom. The summed E-state index contributed by atoms with van der Waals surface area (Å²) in [7, 11) is 2.03. The number of benzene rings is 1. The van der Waals surface area contributed by atoms with Crippen molar-refractivity contribution in [1.82, 2.24) is 5.32 Å². The maximum atomic E-state index is 13.4. The van der Waals surface area contributed by atoms with Crippen molar-refractivity contribution in [2.24, 2.45) is 11.8 Å². The van der Waals surface area contributed by atoms with Crippen LogP contribution in [0.25, 0.3) is 0 Å². The quantitative estimate of drug-likeness (QED) is 0.855. The number of hydrogen-bond acceptors (Lipinski definition) is 1. The zero-order valence-electron chi connectivity index (χ0n) is 12.4. The third-order valence-electron chi connectivity index (χ3n) is 4.76. The van der Waals surface area contributed by atoms with Crippen molar-refractivity contribution in [3.63, 3.8) is 0 Å². The van der Waals surface area contributed by atoms with Gasteiger partial charge in [0.05, 0.1) is 0 Å². The molecule has 1 nitrogen and oxygen atoms in total. The highest BCUT2D eigenvalue weighted by Gasteiger charge is 2.30. The van der Waals surface area contributed by atoms with Crippen molar-refractivity contribution in [3.8, 4) is 0 Å². The predicted octanol–water partition coefficient (Wildman–Crippen LogP) is 4.26. The molecule has 2 heteroatoms. The second-order valence-electron chi connectivity index (χ2n) is 6.02. The van der Waals surface area contributed by atoms with Crippen LogP contribution in [0.15, 0.2) is 18.2 Å². The Bertz CT molecular complexity index is 416. The summed E-state index contributed by atoms with van der Waals surface area (Å²) in [5.74, 6) is 2.03. The van der Waals surface area contributed by atoms with Gasteiger partial charge in [-0.2, -0.15) is 0 Å². The van der Waals surface area contributed by atoms with E-state index in [9.17, 15) is 4.39 Å². The number of halogens is 1. The Morgan fingerprint density at radius 2 is 2.11 bits per heavy atom. The van der Waals surface area contributed by atoms with Gasteiger partial charge < -0.3 is 5.32 Å². The van der Waals surface area contributed by atoms with Crippen LogP contribution in [0.5, 0.6) is 0 Å². The molecular weight excluding hydrogens is 237 g/mol. The molecule has 0 aliphatic heterocycles. The molecule has 1 aliphatic rings. The fraction of sp³-hybridized carbons (Fsp3) is 0.647. The molecule has 1 saturated carbocycles. The molecule has 0 radical (unpaired) electrons. The van der Waals surface area contributed by atoms with E-state index < -0.39 is 0 Å². The third-order valence-corrected chi connectivity index (χ3v) is 4.76. The van der Waals surface area contributed by atoms with Crippen LogP contribution in [0.4, 0.5) is 4.39 Å². The molecule has 106 valence electrons. The second kappa shape index (κ2) is 6.51. The molecule has 1 N–H and O–H groups in total. The molecule has 1 aromatic carbocycles. The van der Waals surface area contributed by atoms with Crippen molar-refractivity contribution < 1.29 is 4.39 Å². The highest BCUT2D eigenvalue weighted by Crippen LogP contribution is 2.41. The summed E-state index contributed by atoms with van der Waals surface area (Å²) >= 11 is 0. The smallest absolute Gasteiger partial charge is 0.126 e. The Kier molecular flexibility index (Phi) is 4.98. The standard InChI is InChI=1S/C17H26FN/c1-4-13-5-6-15(11-19-3)16(10-13)14-7-8-17(18)12(2)9-14/h7-9,13,15-16,19H,4-6,10-11H2,1-3H3. The van der Waals surface area contributed by atoms with Gasteiger partial charge in [-0.25, -0.2) is 4.39 Å². The summed E-state index contributed by atoms with van der Waals surface area (Å²) in [4.78, 5) is 0. The molecule has 0 bridgehead atoms. The first-order valence-electron chi connectivity index (χ1n) is 7.56. The van der Waals surface area contributed by atoms with Crippen molar-refractivity contribution in [3.05, 3.63) is 35.1 Å². The minimum atomic E-state index is -0.0863. The van der Waals surface area contributed by atoms with Crippen molar-refractivity contribution >= 4 is 0 Å². The maximum absolute atomic E-state index is 13.4. The largest absolute Gasteiger partial charge is 0.319 e. The number of nitrogens with one attached hydrogen (secondary N) is 1. The fourth-order valence-corrected chi connectivity index (χ4v) is 3.50. The minimum Gasteiger partial charge on any atom is -0.319 e. The Labute approximate surface area is 116 Å². The van der Waals surface area contributed by atoms with Gasteiger partial charge in [0.1, 0.15) is 5.82 Å². The van der Waals surface area contributed by atoms with Gasteiger partial charge in [-0.1, -0.05) is 31.9 Å². The Balaban J connectivity index is 2.22. The van der Waals surface area contributed by atoms with E-state index in [1.807, 2.05) is 20.0 Å². The summed E-state index contributed by atoms with van der Waals surface area (Å²) < 4.78 is 13.4. The van der Waals surface area contributed by atoms with E-state index in [1.165, 1.54) is 31.2 Å². The van der Waals surface area contributed by atoms with Crippen LogP contribution in [-0.2, 0) is 0 Å². The molecule has 0 amide bonds. The zero-order valence-corrected chi connectivity index (χ0v) is 12.4. The molecule has 1 fully saturated rings. The van der Waals surface area contributed by atoms with Gasteiger partial charge >= 0.3 is 0 Å². The van der Waals surface area contributed by atoms with E-state index in [0.29, 0.717) is 11.8 Å². The minimum absolute atomic E-state index is 0.0863. The molecule has 3 unspecified atom stereocenters. The maximum Gasteiger partial charge on any atom is 0.126 e. The second-order valence-corrected chi connectivity index (χ2v) is 6.02. The molecule has 1 aliphatic carbocycles. The lowest BCUT2D eigenvalue weighted by atomic mass is 9.70. The first kappa shape index (κ1) is 14.5. The molecule has 1 aromatic rings. The van der Waals surface area contributed by atoms with Gasteiger partial charge in [0.25, 0.3) is 0 Å². The average molecular weight is 263 g/mol. The van der Waals surface area contributed by atoms with Crippen LogP contribution >= 0.6 is 0 Å². The molecule has 0 spiro atoms. The van der Waals surface area contributed by atoms with Crippen LogP contribution in [-0.4, -0.2) is 13.6 Å². The molecule has 0 aromatic heterocycles. The van der Waals surface area contributed by atoms with Crippen molar-refractivity contribution in [1.29, 1.82) is 0 Å². The highest BCUT2D eigenvalue weighted by molar-refractivity contribution is 5.28. The normalized spacial score (nSPS) is 27.5. The molecule has 2 rings (SSSR count). The number of rotatable bonds is 4. The van der Waals surface area contributed by atoms with Crippen molar-refractivity contribution in [2.45, 2.75) is 45.4 Å². The van der Waals surface area contributed by atoms with Crippen LogP contribution in [0.2, 0.25) is 0 Å². The SMILES string of the molecule is CCC1CCC(CNC)C(c2ccc(F)c(C)c2)C1. The Morgan fingerprint density at radius 3 is 2.74 bits per heavy atom. The molecule has 3 atom stereocenters. The van der Waals surface area contributed by atoms with Crippen LogP contribution < -0.4 is 5.32 Å². The van der Waals surface area contributed by atoms with Gasteiger partial charge in [-0.3, -0.25) is 0 Å². The lowest BCUT2D eigenvalue weighted by Crippen LogP contribution is -2.30. The third kappa shape index (κ3) is 3.36. The summed E-state index contributed by atoms with van der Waals surface area (Å²) in [6, 6.07) is 5.69. The molecule has 0 saturated heterocycles. The first-order chi connectivity index (χ1) is 9.15. The van der Waals surface area contributed by atoms with E-state index in [2.05, 4.69) is 18.3 Å². The molecular formula is C17H26FN. The average Bonchev–Trinajstić information content (AvgIpc) is 2.43. The van der Waals surface area contributed by atoms with Crippen LogP contribution in [0.3, 0.4) is 0 Å². The molecule has 0 heterocycles. The van der Waals surface area contributed by atoms with E-state index >= 15 is 0 Å². The summed E-state index contributed by atoms with van der Waals surface area (Å²) in [5, 5.41) is 3.32. The highest BCUT2D eigenvalue weighted by atomic mass is 19.1. The lowest BCUT2D eigenvalue weighted by Gasteiger charge is -2.36. The van der Waals surface area contributed by atoms with Gasteiger partial charge in [0.2, 0.25) is 0 Å². The van der Waals surface area contributed by atoms with E-state index in [0.717, 1.165) is 18.0 Å². The number of hydrogen-bond donors (Lipinski definition) is 1. The lowest BCUT2D eigenvalue weighted by molar-refractivity contribution is 0.228. The first-order valence-corrected chi connectivity index (χ1v) is 7.56. The van der Waals surface area contributed by atoms with Gasteiger partial charge in [0.15, 0.2) is 0 Å². The number of aryl methyl sites for hydroxylation is 1.